The van der Waals surface area contributed by atoms with E-state index in [1.807, 2.05) is 18.2 Å². The zero-order valence-electron chi connectivity index (χ0n) is 28.1. The molecule has 0 N–H and O–H groups in total. The maximum absolute atomic E-state index is 6.89. The summed E-state index contributed by atoms with van der Waals surface area (Å²) in [6.45, 7) is 0. The summed E-state index contributed by atoms with van der Waals surface area (Å²) in [5, 5.41) is 9.15. The Kier molecular flexibility index (Phi) is 6.28. The van der Waals surface area contributed by atoms with Gasteiger partial charge in [-0.3, -0.25) is 0 Å². The maximum Gasteiger partial charge on any atom is 0.143 e. The van der Waals surface area contributed by atoms with E-state index in [0.717, 1.165) is 49.4 Å². The van der Waals surface area contributed by atoms with Crippen LogP contribution in [-0.4, -0.2) is 0 Å². The van der Waals surface area contributed by atoms with Crippen molar-refractivity contribution < 1.29 is 8.83 Å². The summed E-state index contributed by atoms with van der Waals surface area (Å²) in [4.78, 5) is 0. The molecule has 0 unspecified atom stereocenters. The molecule has 0 amide bonds. The molecule has 2 aromatic heterocycles. The third-order valence-electron chi connectivity index (χ3n) is 10.7. The fourth-order valence-electron chi connectivity index (χ4n) is 8.53. The van der Waals surface area contributed by atoms with Crippen LogP contribution in [0.2, 0.25) is 0 Å². The molecule has 0 radical (unpaired) electrons. The first kappa shape index (κ1) is 28.9. The number of hydrogen-bond donors (Lipinski definition) is 0. The first-order chi connectivity index (χ1) is 25.8. The van der Waals surface area contributed by atoms with Crippen LogP contribution in [0.5, 0.6) is 0 Å². The molecule has 52 heavy (non-hydrogen) atoms. The highest BCUT2D eigenvalue weighted by Gasteiger charge is 2.24. The second-order valence-electron chi connectivity index (χ2n) is 13.5. The first-order valence-corrected chi connectivity index (χ1v) is 17.8. The van der Waals surface area contributed by atoms with Gasteiger partial charge in [0.05, 0.1) is 0 Å². The second-order valence-corrected chi connectivity index (χ2v) is 13.5. The van der Waals surface area contributed by atoms with Crippen LogP contribution in [0.3, 0.4) is 0 Å². The molecule has 0 saturated carbocycles. The molecule has 0 spiro atoms. The van der Waals surface area contributed by atoms with Crippen molar-refractivity contribution >= 4 is 65.4 Å². The Bertz CT molecular complexity index is 3050. The van der Waals surface area contributed by atoms with Gasteiger partial charge in [-0.2, -0.15) is 0 Å². The number of benzene rings is 9. The molecule has 2 heteroatoms. The molecule has 11 rings (SSSR count). The summed E-state index contributed by atoms with van der Waals surface area (Å²) in [5.74, 6) is 0. The van der Waals surface area contributed by atoms with Crippen molar-refractivity contribution in [1.82, 2.24) is 0 Å². The molecule has 0 saturated heterocycles. The van der Waals surface area contributed by atoms with Crippen LogP contribution < -0.4 is 0 Å². The molecule has 0 fully saturated rings. The van der Waals surface area contributed by atoms with Crippen LogP contribution in [0.25, 0.3) is 110 Å². The van der Waals surface area contributed by atoms with E-state index in [4.69, 9.17) is 8.83 Å². The highest BCUT2D eigenvalue weighted by Crippen LogP contribution is 2.51. The van der Waals surface area contributed by atoms with Gasteiger partial charge in [-0.05, 0) is 73.1 Å². The Balaban J connectivity index is 1.28. The Hall–Kier alpha value is -6.90. The van der Waals surface area contributed by atoms with E-state index in [1.54, 1.807) is 0 Å². The van der Waals surface area contributed by atoms with Gasteiger partial charge in [0.2, 0.25) is 0 Å². The molecule has 0 bridgehead atoms. The highest BCUT2D eigenvalue weighted by atomic mass is 16.3. The summed E-state index contributed by atoms with van der Waals surface area (Å²) in [5.41, 5.74) is 13.0. The SMILES string of the molecule is c1ccc(-c2cccc(-c3ccccc3)c2-c2c3ccccc3c(-c3cccc4c3oc3ccc5oc6ccccc6c5c34)c3ccccc23)cc1. The first-order valence-electron chi connectivity index (χ1n) is 17.8. The Morgan fingerprint density at radius 2 is 0.692 bits per heavy atom. The van der Waals surface area contributed by atoms with Crippen LogP contribution in [0.15, 0.2) is 191 Å². The monoisotopic (exact) mass is 662 g/mol. The quantitative estimate of drug-likeness (QED) is 0.175. The maximum atomic E-state index is 6.89. The van der Waals surface area contributed by atoms with Crippen LogP contribution in [0, 0.1) is 0 Å². The van der Waals surface area contributed by atoms with E-state index in [2.05, 4.69) is 164 Å². The van der Waals surface area contributed by atoms with E-state index in [9.17, 15) is 0 Å². The molecule has 11 aromatic rings. The van der Waals surface area contributed by atoms with Crippen molar-refractivity contribution in [3.8, 4) is 44.5 Å². The predicted octanol–water partition coefficient (Wildman–Crippen LogP) is 14.5. The van der Waals surface area contributed by atoms with Gasteiger partial charge in [-0.25, -0.2) is 0 Å². The van der Waals surface area contributed by atoms with Gasteiger partial charge in [0.25, 0.3) is 0 Å². The lowest BCUT2D eigenvalue weighted by atomic mass is 9.81. The molecule has 2 heterocycles. The zero-order chi connectivity index (χ0) is 34.2. The van der Waals surface area contributed by atoms with Crippen molar-refractivity contribution in [3.05, 3.63) is 182 Å². The lowest BCUT2D eigenvalue weighted by Crippen LogP contribution is -1.95. The van der Waals surface area contributed by atoms with E-state index in [0.29, 0.717) is 0 Å². The fourth-order valence-corrected chi connectivity index (χ4v) is 8.53. The van der Waals surface area contributed by atoms with Crippen LogP contribution in [-0.2, 0) is 0 Å². The van der Waals surface area contributed by atoms with Crippen molar-refractivity contribution in [2.24, 2.45) is 0 Å². The fraction of sp³-hybridized carbons (Fsp3) is 0. The molecule has 0 aliphatic carbocycles. The average Bonchev–Trinajstić information content (AvgIpc) is 3.79. The molecule has 0 atom stereocenters. The van der Waals surface area contributed by atoms with Crippen LogP contribution >= 0.6 is 0 Å². The van der Waals surface area contributed by atoms with Gasteiger partial charge in [0.15, 0.2) is 0 Å². The number of furan rings is 2. The number of fused-ring (bicyclic) bond motifs is 9. The largest absolute Gasteiger partial charge is 0.456 e. The zero-order valence-corrected chi connectivity index (χ0v) is 28.1. The molecular weight excluding hydrogens is 633 g/mol. The predicted molar refractivity (Wildman–Crippen MR) is 218 cm³/mol. The standard InChI is InChI=1S/C50H30O2/c1-3-15-31(16-4-1)33-24-13-25-34(32-17-5-2-6-18-32)46(33)47-37-21-9-7-19-35(37)45(36-20-8-10-22-38(36)47)40-26-14-27-41-49-44(52-50(40)41)30-29-43-48(49)39-23-11-12-28-42(39)51-43/h1-30H. The van der Waals surface area contributed by atoms with Gasteiger partial charge in [-0.1, -0.05) is 164 Å². The summed E-state index contributed by atoms with van der Waals surface area (Å²) >= 11 is 0. The van der Waals surface area contributed by atoms with Gasteiger partial charge in [-0.15, -0.1) is 0 Å². The van der Waals surface area contributed by atoms with Crippen LogP contribution in [0.4, 0.5) is 0 Å². The molecule has 2 nitrogen and oxygen atoms in total. The Labute approximate surface area is 299 Å². The van der Waals surface area contributed by atoms with Gasteiger partial charge in [0.1, 0.15) is 22.3 Å². The van der Waals surface area contributed by atoms with E-state index in [1.165, 1.54) is 60.5 Å². The molecule has 0 aliphatic rings. The minimum atomic E-state index is 0.857. The van der Waals surface area contributed by atoms with E-state index in [-0.39, 0.29) is 0 Å². The lowest BCUT2D eigenvalue weighted by Gasteiger charge is -2.22. The van der Waals surface area contributed by atoms with Crippen molar-refractivity contribution in [2.45, 2.75) is 0 Å². The highest BCUT2D eigenvalue weighted by molar-refractivity contribution is 6.29. The minimum Gasteiger partial charge on any atom is -0.456 e. The lowest BCUT2D eigenvalue weighted by molar-refractivity contribution is 0.663. The van der Waals surface area contributed by atoms with Crippen molar-refractivity contribution in [1.29, 1.82) is 0 Å². The van der Waals surface area contributed by atoms with Gasteiger partial charge < -0.3 is 8.83 Å². The van der Waals surface area contributed by atoms with Crippen LogP contribution in [0.1, 0.15) is 0 Å². The third kappa shape index (κ3) is 4.19. The summed E-state index contributed by atoms with van der Waals surface area (Å²) in [7, 11) is 0. The number of hydrogen-bond acceptors (Lipinski definition) is 2. The van der Waals surface area contributed by atoms with E-state index >= 15 is 0 Å². The smallest absolute Gasteiger partial charge is 0.143 e. The third-order valence-corrected chi connectivity index (χ3v) is 10.7. The number of rotatable bonds is 4. The van der Waals surface area contributed by atoms with Gasteiger partial charge in [0, 0.05) is 32.7 Å². The minimum absolute atomic E-state index is 0.857. The normalized spacial score (nSPS) is 11.8. The topological polar surface area (TPSA) is 26.3 Å². The average molecular weight is 663 g/mol. The molecule has 0 aliphatic heterocycles. The summed E-state index contributed by atoms with van der Waals surface area (Å²) < 4.78 is 13.2. The Morgan fingerprint density at radius 1 is 0.250 bits per heavy atom. The van der Waals surface area contributed by atoms with E-state index < -0.39 is 0 Å². The number of para-hydroxylation sites is 2. The molecule has 9 aromatic carbocycles. The van der Waals surface area contributed by atoms with Crippen molar-refractivity contribution in [2.75, 3.05) is 0 Å². The Morgan fingerprint density at radius 3 is 1.31 bits per heavy atom. The van der Waals surface area contributed by atoms with Gasteiger partial charge >= 0.3 is 0 Å². The summed E-state index contributed by atoms with van der Waals surface area (Å²) in [6.07, 6.45) is 0. The molecular formula is C50H30O2. The molecule has 242 valence electrons. The summed E-state index contributed by atoms with van der Waals surface area (Å²) in [6, 6.07) is 65.0. The van der Waals surface area contributed by atoms with Crippen molar-refractivity contribution in [3.63, 3.8) is 0 Å². The second kappa shape index (κ2) is 11.3.